The number of anilines is 1. The molecule has 1 aliphatic rings. The van der Waals surface area contributed by atoms with E-state index in [1.807, 2.05) is 0 Å². The number of ether oxygens (including phenoxy) is 3. The molecule has 0 saturated carbocycles. The Kier molecular flexibility index (Phi) is 6.33. The fraction of sp³-hybridized carbons (Fsp3) is 0.286. The Morgan fingerprint density at radius 3 is 2.55 bits per heavy atom. The zero-order valence-corrected chi connectivity index (χ0v) is 16.2. The minimum atomic E-state index is -0.839. The minimum Gasteiger partial charge on any atom is -0.497 e. The Balaban J connectivity index is 1.62. The smallest absolute Gasteiger partial charge is 0.310 e. The number of hydrogen-bond acceptors (Lipinski definition) is 6. The zero-order chi connectivity index (χ0) is 20.8. The van der Waals surface area contributed by atoms with Crippen molar-refractivity contribution < 1.29 is 28.6 Å². The summed E-state index contributed by atoms with van der Waals surface area (Å²) in [5.41, 5.74) is 1.28. The van der Waals surface area contributed by atoms with Gasteiger partial charge in [-0.15, -0.1) is 0 Å². The quantitative estimate of drug-likeness (QED) is 0.738. The summed E-state index contributed by atoms with van der Waals surface area (Å²) in [4.78, 5) is 38.2. The van der Waals surface area contributed by atoms with Crippen LogP contribution in [0.3, 0.4) is 0 Å². The van der Waals surface area contributed by atoms with E-state index in [1.165, 1.54) is 11.9 Å². The molecule has 152 valence electrons. The van der Waals surface area contributed by atoms with Gasteiger partial charge in [0, 0.05) is 7.05 Å². The monoisotopic (exact) mass is 398 g/mol. The molecule has 8 nitrogen and oxygen atoms in total. The number of benzene rings is 2. The summed E-state index contributed by atoms with van der Waals surface area (Å²) in [5.74, 6) is -0.182. The topological polar surface area (TPSA) is 94.2 Å². The van der Waals surface area contributed by atoms with Gasteiger partial charge in [-0.2, -0.15) is 0 Å². The van der Waals surface area contributed by atoms with Gasteiger partial charge in [-0.3, -0.25) is 14.4 Å². The average molecular weight is 398 g/mol. The van der Waals surface area contributed by atoms with Crippen molar-refractivity contribution in [3.8, 4) is 11.5 Å². The standard InChI is InChI=1S/C21H22N2O6/c1-22-21(26)18-12-23(16-5-3-4-6-17(16)29-18)19(24)13-28-20(25)11-14-7-9-15(27-2)10-8-14/h3-10,18H,11-13H2,1-2H3,(H,22,26). The molecule has 0 aromatic heterocycles. The lowest BCUT2D eigenvalue weighted by Gasteiger charge is -2.33. The number of para-hydroxylation sites is 2. The predicted molar refractivity (Wildman–Crippen MR) is 105 cm³/mol. The van der Waals surface area contributed by atoms with Gasteiger partial charge in [-0.25, -0.2) is 0 Å². The summed E-state index contributed by atoms with van der Waals surface area (Å²) in [6.07, 6.45) is -0.800. The van der Waals surface area contributed by atoms with Gasteiger partial charge in [0.15, 0.2) is 12.7 Å². The maximum Gasteiger partial charge on any atom is 0.310 e. The van der Waals surface area contributed by atoms with Crippen molar-refractivity contribution >= 4 is 23.5 Å². The number of likely N-dealkylation sites (N-methyl/N-ethyl adjacent to an activating group) is 1. The van der Waals surface area contributed by atoms with Crippen molar-refractivity contribution in [1.82, 2.24) is 5.32 Å². The first-order valence-electron chi connectivity index (χ1n) is 9.08. The van der Waals surface area contributed by atoms with Gasteiger partial charge in [-0.05, 0) is 29.8 Å². The minimum absolute atomic E-state index is 0.0333. The van der Waals surface area contributed by atoms with Gasteiger partial charge in [-0.1, -0.05) is 24.3 Å². The summed E-state index contributed by atoms with van der Waals surface area (Å²) < 4.78 is 15.9. The molecule has 0 saturated heterocycles. The first kappa shape index (κ1) is 20.2. The van der Waals surface area contributed by atoms with Crippen LogP contribution in [0.25, 0.3) is 0 Å². The van der Waals surface area contributed by atoms with E-state index in [1.54, 1.807) is 55.6 Å². The Morgan fingerprint density at radius 1 is 1.14 bits per heavy atom. The Hall–Kier alpha value is -3.55. The molecule has 2 aromatic carbocycles. The van der Waals surface area contributed by atoms with Gasteiger partial charge < -0.3 is 24.4 Å². The number of methoxy groups -OCH3 is 1. The molecular formula is C21H22N2O6. The lowest BCUT2D eigenvalue weighted by Crippen LogP contribution is -2.51. The number of hydrogen-bond donors (Lipinski definition) is 1. The summed E-state index contributed by atoms with van der Waals surface area (Å²) in [6, 6.07) is 13.9. The van der Waals surface area contributed by atoms with Crippen molar-refractivity contribution in [2.75, 3.05) is 32.2 Å². The van der Waals surface area contributed by atoms with Gasteiger partial charge in [0.05, 0.1) is 25.8 Å². The second-order valence-corrected chi connectivity index (χ2v) is 6.38. The van der Waals surface area contributed by atoms with Gasteiger partial charge in [0.2, 0.25) is 0 Å². The van der Waals surface area contributed by atoms with Crippen molar-refractivity contribution in [3.05, 3.63) is 54.1 Å². The first-order valence-corrected chi connectivity index (χ1v) is 9.08. The highest BCUT2D eigenvalue weighted by Crippen LogP contribution is 2.33. The molecule has 0 aliphatic carbocycles. The van der Waals surface area contributed by atoms with Crippen LogP contribution in [0.2, 0.25) is 0 Å². The van der Waals surface area contributed by atoms with Crippen molar-refractivity contribution in [1.29, 1.82) is 0 Å². The highest BCUT2D eigenvalue weighted by Gasteiger charge is 2.33. The van der Waals surface area contributed by atoms with E-state index in [2.05, 4.69) is 5.32 Å². The molecule has 1 heterocycles. The van der Waals surface area contributed by atoms with E-state index in [4.69, 9.17) is 14.2 Å². The summed E-state index contributed by atoms with van der Waals surface area (Å²) >= 11 is 0. The van der Waals surface area contributed by atoms with E-state index in [-0.39, 0.29) is 18.9 Å². The molecule has 0 radical (unpaired) electrons. The third-order valence-electron chi connectivity index (χ3n) is 4.48. The number of carbonyl (C=O) groups excluding carboxylic acids is 3. The number of nitrogens with one attached hydrogen (secondary N) is 1. The molecule has 2 amide bonds. The highest BCUT2D eigenvalue weighted by atomic mass is 16.5. The van der Waals surface area contributed by atoms with Gasteiger partial charge in [0.1, 0.15) is 11.5 Å². The summed E-state index contributed by atoms with van der Waals surface area (Å²) in [6.45, 7) is -0.394. The van der Waals surface area contributed by atoms with Crippen LogP contribution in [-0.4, -0.2) is 51.2 Å². The van der Waals surface area contributed by atoms with E-state index in [0.29, 0.717) is 17.2 Å². The fourth-order valence-corrected chi connectivity index (χ4v) is 2.95. The van der Waals surface area contributed by atoms with Crippen LogP contribution in [-0.2, 0) is 25.5 Å². The highest BCUT2D eigenvalue weighted by molar-refractivity contribution is 5.98. The van der Waals surface area contributed by atoms with Crippen molar-refractivity contribution in [2.45, 2.75) is 12.5 Å². The molecule has 2 aromatic rings. The molecule has 1 atom stereocenters. The summed E-state index contributed by atoms with van der Waals surface area (Å²) in [7, 11) is 3.06. The summed E-state index contributed by atoms with van der Waals surface area (Å²) in [5, 5.41) is 2.51. The SMILES string of the molecule is CNC(=O)C1CN(C(=O)COC(=O)Cc2ccc(OC)cc2)c2ccccc2O1. The van der Waals surface area contributed by atoms with E-state index >= 15 is 0 Å². The van der Waals surface area contributed by atoms with E-state index in [0.717, 1.165) is 5.56 Å². The van der Waals surface area contributed by atoms with Crippen molar-refractivity contribution in [2.24, 2.45) is 0 Å². The van der Waals surface area contributed by atoms with Crippen LogP contribution >= 0.6 is 0 Å². The van der Waals surface area contributed by atoms with Crippen LogP contribution in [0.4, 0.5) is 5.69 Å². The number of esters is 1. The molecule has 29 heavy (non-hydrogen) atoms. The molecular weight excluding hydrogens is 376 g/mol. The molecule has 0 spiro atoms. The first-order chi connectivity index (χ1) is 14.0. The third kappa shape index (κ3) is 4.84. The molecule has 0 bridgehead atoms. The maximum absolute atomic E-state index is 12.7. The predicted octanol–water partition coefficient (Wildman–Crippen LogP) is 1.32. The van der Waals surface area contributed by atoms with Crippen molar-refractivity contribution in [3.63, 3.8) is 0 Å². The molecule has 0 fully saturated rings. The number of amides is 2. The number of carbonyl (C=O) groups is 3. The van der Waals surface area contributed by atoms with Gasteiger partial charge in [0.25, 0.3) is 11.8 Å². The van der Waals surface area contributed by atoms with Crippen LogP contribution in [0, 0.1) is 0 Å². The normalized spacial score (nSPS) is 15.0. The maximum atomic E-state index is 12.7. The number of rotatable bonds is 6. The number of nitrogens with zero attached hydrogens (tertiary/aromatic N) is 1. The third-order valence-corrected chi connectivity index (χ3v) is 4.48. The van der Waals surface area contributed by atoms with Gasteiger partial charge >= 0.3 is 5.97 Å². The van der Waals surface area contributed by atoms with E-state index < -0.39 is 24.6 Å². The Bertz CT molecular complexity index is 896. The van der Waals surface area contributed by atoms with Crippen LogP contribution in [0.1, 0.15) is 5.56 Å². The van der Waals surface area contributed by atoms with E-state index in [9.17, 15) is 14.4 Å². The second kappa shape index (κ2) is 9.09. The lowest BCUT2D eigenvalue weighted by atomic mass is 10.1. The largest absolute Gasteiger partial charge is 0.497 e. The lowest BCUT2D eigenvalue weighted by molar-refractivity contribution is -0.147. The van der Waals surface area contributed by atoms with Crippen LogP contribution in [0.5, 0.6) is 11.5 Å². The Morgan fingerprint density at radius 2 is 1.86 bits per heavy atom. The number of fused-ring (bicyclic) bond motifs is 1. The zero-order valence-electron chi connectivity index (χ0n) is 16.2. The molecule has 3 rings (SSSR count). The second-order valence-electron chi connectivity index (χ2n) is 6.38. The molecule has 1 unspecified atom stereocenters. The van der Waals surface area contributed by atoms with Crippen LogP contribution < -0.4 is 19.7 Å². The molecule has 8 heteroatoms. The molecule has 1 N–H and O–H groups in total. The average Bonchev–Trinajstić information content (AvgIpc) is 2.76. The van der Waals surface area contributed by atoms with Crippen LogP contribution in [0.15, 0.2) is 48.5 Å². The molecule has 1 aliphatic heterocycles. The fourth-order valence-electron chi connectivity index (χ4n) is 2.95. The Labute approximate surface area is 168 Å².